The first kappa shape index (κ1) is 19.8. The van der Waals surface area contributed by atoms with Crippen LogP contribution in [0.25, 0.3) is 0 Å². The summed E-state index contributed by atoms with van der Waals surface area (Å²) in [6.07, 6.45) is 0. The largest absolute Gasteiger partial charge is 0.455 e. The molecular weight excluding hydrogens is 380 g/mol. The maximum absolute atomic E-state index is 13.2. The van der Waals surface area contributed by atoms with E-state index in [4.69, 9.17) is 4.74 Å². The Kier molecular flexibility index (Phi) is 6.36. The minimum atomic E-state index is -1.08. The molecule has 0 fully saturated rings. The molecule has 0 spiro atoms. The number of carbonyl (C=O) groups is 2. The van der Waals surface area contributed by atoms with Crippen molar-refractivity contribution in [2.24, 2.45) is 0 Å². The van der Waals surface area contributed by atoms with Gasteiger partial charge in [-0.2, -0.15) is 0 Å². The predicted molar refractivity (Wildman–Crippen MR) is 105 cm³/mol. The number of nitrogens with one attached hydrogen (secondary N) is 3. The summed E-state index contributed by atoms with van der Waals surface area (Å²) in [5.74, 6) is -1.66. The smallest absolute Gasteiger partial charge is 0.319 e. The van der Waals surface area contributed by atoms with E-state index in [0.717, 1.165) is 12.1 Å². The lowest BCUT2D eigenvalue weighted by Gasteiger charge is -2.13. The van der Waals surface area contributed by atoms with E-state index in [1.54, 1.807) is 36.4 Å². The number of rotatable bonds is 6. The zero-order valence-corrected chi connectivity index (χ0v) is 15.1. The van der Waals surface area contributed by atoms with Gasteiger partial charge in [-0.1, -0.05) is 30.3 Å². The lowest BCUT2D eigenvalue weighted by Crippen LogP contribution is -2.35. The van der Waals surface area contributed by atoms with E-state index in [9.17, 15) is 18.4 Å². The molecule has 8 heteroatoms. The third-order valence-corrected chi connectivity index (χ3v) is 3.72. The molecule has 0 aliphatic heterocycles. The minimum absolute atomic E-state index is 0.0812. The molecule has 0 saturated carbocycles. The standard InChI is InChI=1S/C21H17F2N3O3/c22-16-11-10-14(12-17(16)23)25-20(27)13-24-21(28)26-18-8-4-5-9-19(18)29-15-6-2-1-3-7-15/h1-12H,13H2,(H,25,27)(H2,24,26,28). The number of amides is 3. The Hall–Kier alpha value is -3.94. The van der Waals surface area contributed by atoms with Crippen LogP contribution < -0.4 is 20.7 Å². The fourth-order valence-corrected chi connectivity index (χ4v) is 2.38. The van der Waals surface area contributed by atoms with Crippen LogP contribution in [0.15, 0.2) is 72.8 Å². The average molecular weight is 397 g/mol. The fraction of sp³-hybridized carbons (Fsp3) is 0.0476. The number of ether oxygens (including phenoxy) is 1. The number of anilines is 2. The molecule has 0 aromatic heterocycles. The first-order chi connectivity index (χ1) is 14.0. The number of hydrogen-bond donors (Lipinski definition) is 3. The molecule has 0 aliphatic rings. The summed E-state index contributed by atoms with van der Waals surface area (Å²) in [6.45, 7) is -0.369. The van der Waals surface area contributed by atoms with Gasteiger partial charge in [-0.25, -0.2) is 13.6 Å². The highest BCUT2D eigenvalue weighted by Crippen LogP contribution is 2.28. The van der Waals surface area contributed by atoms with E-state index in [1.165, 1.54) is 6.07 Å². The molecule has 6 nitrogen and oxygen atoms in total. The molecule has 0 heterocycles. The van der Waals surface area contributed by atoms with Crippen molar-refractivity contribution >= 4 is 23.3 Å². The third kappa shape index (κ3) is 5.77. The van der Waals surface area contributed by atoms with Crippen LogP contribution in [0.3, 0.4) is 0 Å². The second-order valence-corrected chi connectivity index (χ2v) is 5.90. The van der Waals surface area contributed by atoms with Gasteiger partial charge in [0, 0.05) is 11.8 Å². The Morgan fingerprint density at radius 3 is 2.31 bits per heavy atom. The quantitative estimate of drug-likeness (QED) is 0.572. The molecular formula is C21H17F2N3O3. The van der Waals surface area contributed by atoms with E-state index in [1.807, 2.05) is 18.2 Å². The maximum atomic E-state index is 13.2. The molecule has 0 aliphatic carbocycles. The van der Waals surface area contributed by atoms with E-state index >= 15 is 0 Å². The zero-order valence-electron chi connectivity index (χ0n) is 15.1. The highest BCUT2D eigenvalue weighted by atomic mass is 19.2. The van der Waals surface area contributed by atoms with Gasteiger partial charge >= 0.3 is 6.03 Å². The number of carbonyl (C=O) groups excluding carboxylic acids is 2. The van der Waals surface area contributed by atoms with E-state index in [2.05, 4.69) is 16.0 Å². The molecule has 29 heavy (non-hydrogen) atoms. The van der Waals surface area contributed by atoms with Gasteiger partial charge < -0.3 is 20.7 Å². The molecule has 0 saturated heterocycles. The van der Waals surface area contributed by atoms with Gasteiger partial charge in [0.15, 0.2) is 17.4 Å². The monoisotopic (exact) mass is 397 g/mol. The number of halogens is 2. The Labute approximate surface area is 165 Å². The normalized spacial score (nSPS) is 10.1. The topological polar surface area (TPSA) is 79.5 Å². The average Bonchev–Trinajstić information content (AvgIpc) is 2.71. The molecule has 3 N–H and O–H groups in total. The van der Waals surface area contributed by atoms with Crippen LogP contribution in [-0.2, 0) is 4.79 Å². The summed E-state index contributed by atoms with van der Waals surface area (Å²) in [6, 6.07) is 18.2. The Morgan fingerprint density at radius 2 is 1.55 bits per heavy atom. The van der Waals surface area contributed by atoms with Gasteiger partial charge in [0.2, 0.25) is 5.91 Å². The van der Waals surface area contributed by atoms with Crippen LogP contribution in [0.2, 0.25) is 0 Å². The van der Waals surface area contributed by atoms with E-state index in [0.29, 0.717) is 17.2 Å². The molecule has 0 radical (unpaired) electrons. The molecule has 0 atom stereocenters. The van der Waals surface area contributed by atoms with Crippen LogP contribution in [0.1, 0.15) is 0 Å². The van der Waals surface area contributed by atoms with Crippen molar-refractivity contribution in [2.75, 3.05) is 17.2 Å². The molecule has 3 aromatic rings. The first-order valence-electron chi connectivity index (χ1n) is 8.63. The summed E-state index contributed by atoms with van der Waals surface area (Å²) in [4.78, 5) is 24.0. The lowest BCUT2D eigenvalue weighted by atomic mass is 10.3. The van der Waals surface area contributed by atoms with Crippen molar-refractivity contribution in [3.8, 4) is 11.5 Å². The third-order valence-electron chi connectivity index (χ3n) is 3.72. The van der Waals surface area contributed by atoms with Gasteiger partial charge in [0.25, 0.3) is 0 Å². The zero-order chi connectivity index (χ0) is 20.6. The molecule has 3 aromatic carbocycles. The Morgan fingerprint density at radius 1 is 0.828 bits per heavy atom. The Balaban J connectivity index is 1.54. The van der Waals surface area contributed by atoms with Crippen LogP contribution in [-0.4, -0.2) is 18.5 Å². The molecule has 3 amide bonds. The van der Waals surface area contributed by atoms with Crippen LogP contribution >= 0.6 is 0 Å². The first-order valence-corrected chi connectivity index (χ1v) is 8.63. The highest BCUT2D eigenvalue weighted by Gasteiger charge is 2.11. The van der Waals surface area contributed by atoms with Crippen molar-refractivity contribution in [3.63, 3.8) is 0 Å². The number of benzene rings is 3. The van der Waals surface area contributed by atoms with E-state index < -0.39 is 23.6 Å². The van der Waals surface area contributed by atoms with Crippen molar-refractivity contribution in [1.29, 1.82) is 0 Å². The van der Waals surface area contributed by atoms with Crippen molar-refractivity contribution in [3.05, 3.63) is 84.4 Å². The summed E-state index contributed by atoms with van der Waals surface area (Å²) in [5, 5.41) is 7.35. The van der Waals surface area contributed by atoms with Crippen molar-refractivity contribution in [1.82, 2.24) is 5.32 Å². The second kappa shape index (κ2) is 9.32. The van der Waals surface area contributed by atoms with Gasteiger partial charge in [-0.15, -0.1) is 0 Å². The highest BCUT2D eigenvalue weighted by molar-refractivity contribution is 5.97. The van der Waals surface area contributed by atoms with Crippen LogP contribution in [0, 0.1) is 11.6 Å². The fourth-order valence-electron chi connectivity index (χ4n) is 2.38. The van der Waals surface area contributed by atoms with Gasteiger partial charge in [-0.05, 0) is 36.4 Å². The van der Waals surface area contributed by atoms with Gasteiger partial charge in [0.1, 0.15) is 5.75 Å². The van der Waals surface area contributed by atoms with Crippen molar-refractivity contribution < 1.29 is 23.1 Å². The summed E-state index contributed by atoms with van der Waals surface area (Å²) in [5.41, 5.74) is 0.493. The lowest BCUT2D eigenvalue weighted by molar-refractivity contribution is -0.115. The SMILES string of the molecule is O=C(CNC(=O)Nc1ccccc1Oc1ccccc1)Nc1ccc(F)c(F)c1. The maximum Gasteiger partial charge on any atom is 0.319 e. The number of hydrogen-bond acceptors (Lipinski definition) is 3. The van der Waals surface area contributed by atoms with E-state index in [-0.39, 0.29) is 12.2 Å². The second-order valence-electron chi connectivity index (χ2n) is 5.90. The summed E-state index contributed by atoms with van der Waals surface area (Å²) < 4.78 is 31.8. The molecule has 148 valence electrons. The molecule has 3 rings (SSSR count). The Bertz CT molecular complexity index is 1010. The minimum Gasteiger partial charge on any atom is -0.455 e. The predicted octanol–water partition coefficient (Wildman–Crippen LogP) is 4.52. The molecule has 0 bridgehead atoms. The summed E-state index contributed by atoms with van der Waals surface area (Å²) >= 11 is 0. The number of urea groups is 1. The van der Waals surface area contributed by atoms with Gasteiger partial charge in [-0.3, -0.25) is 4.79 Å². The summed E-state index contributed by atoms with van der Waals surface area (Å²) in [7, 11) is 0. The van der Waals surface area contributed by atoms with Crippen molar-refractivity contribution in [2.45, 2.75) is 0 Å². The number of para-hydroxylation sites is 3. The van der Waals surface area contributed by atoms with Crippen LogP contribution in [0.5, 0.6) is 11.5 Å². The van der Waals surface area contributed by atoms with Gasteiger partial charge in [0.05, 0.1) is 12.2 Å². The van der Waals surface area contributed by atoms with Crippen LogP contribution in [0.4, 0.5) is 25.0 Å². The molecule has 0 unspecified atom stereocenters.